The third kappa shape index (κ3) is 3.48. The van der Waals surface area contributed by atoms with Gasteiger partial charge in [-0.1, -0.05) is 6.07 Å². The summed E-state index contributed by atoms with van der Waals surface area (Å²) in [6, 6.07) is 5.23. The van der Waals surface area contributed by atoms with Crippen LogP contribution in [0.5, 0.6) is 0 Å². The van der Waals surface area contributed by atoms with Crippen LogP contribution in [0, 0.1) is 13.8 Å². The molecule has 4 nitrogen and oxygen atoms in total. The maximum atomic E-state index is 12.5. The molecule has 1 aliphatic rings. The van der Waals surface area contributed by atoms with Crippen molar-refractivity contribution in [2.24, 2.45) is 5.73 Å². The summed E-state index contributed by atoms with van der Waals surface area (Å²) in [5.41, 5.74) is 7.95. The smallest absolute Gasteiger partial charge is 0.243 e. The molecule has 1 fully saturated rings. The molecule has 0 amide bonds. The van der Waals surface area contributed by atoms with Gasteiger partial charge in [-0.05, 0) is 49.9 Å². The molecule has 0 aromatic heterocycles. The van der Waals surface area contributed by atoms with E-state index >= 15 is 0 Å². The Hall–Kier alpha value is -0.620. The summed E-state index contributed by atoms with van der Waals surface area (Å²) in [5.74, 6) is 0. The van der Waals surface area contributed by atoms with Gasteiger partial charge in [0.25, 0.3) is 0 Å². The number of halogens is 1. The number of hydrogen-bond acceptors (Lipinski definition) is 3. The van der Waals surface area contributed by atoms with Gasteiger partial charge in [0, 0.05) is 19.1 Å². The summed E-state index contributed by atoms with van der Waals surface area (Å²) in [5, 5.41) is 0. The predicted octanol–water partition coefficient (Wildman–Crippen LogP) is 1.84. The summed E-state index contributed by atoms with van der Waals surface area (Å²) in [7, 11) is -3.38. The first-order valence-electron chi connectivity index (χ1n) is 6.24. The summed E-state index contributed by atoms with van der Waals surface area (Å²) in [6.07, 6.45) is 1.74. The van der Waals surface area contributed by atoms with Crippen LogP contribution in [0.4, 0.5) is 0 Å². The van der Waals surface area contributed by atoms with E-state index in [2.05, 4.69) is 0 Å². The fourth-order valence-corrected chi connectivity index (χ4v) is 3.84. The first kappa shape index (κ1) is 16.4. The van der Waals surface area contributed by atoms with Crippen molar-refractivity contribution in [1.82, 2.24) is 4.31 Å². The number of piperidine rings is 1. The minimum Gasteiger partial charge on any atom is -0.327 e. The average molecular weight is 305 g/mol. The van der Waals surface area contributed by atoms with Crippen molar-refractivity contribution in [3.63, 3.8) is 0 Å². The number of sulfonamides is 1. The third-order valence-electron chi connectivity index (χ3n) is 3.54. The van der Waals surface area contributed by atoms with Crippen LogP contribution in [0.3, 0.4) is 0 Å². The second-order valence-electron chi connectivity index (χ2n) is 5.01. The van der Waals surface area contributed by atoms with Crippen LogP contribution in [-0.4, -0.2) is 31.9 Å². The number of benzene rings is 1. The van der Waals surface area contributed by atoms with Crippen LogP contribution < -0.4 is 5.73 Å². The number of hydrogen-bond donors (Lipinski definition) is 1. The van der Waals surface area contributed by atoms with Crippen molar-refractivity contribution in [3.8, 4) is 0 Å². The van der Waals surface area contributed by atoms with Crippen LogP contribution >= 0.6 is 12.4 Å². The van der Waals surface area contributed by atoms with E-state index < -0.39 is 10.0 Å². The van der Waals surface area contributed by atoms with Crippen molar-refractivity contribution in [2.75, 3.05) is 13.1 Å². The van der Waals surface area contributed by atoms with Gasteiger partial charge in [0.15, 0.2) is 0 Å². The predicted molar refractivity (Wildman–Crippen MR) is 79.1 cm³/mol. The fourth-order valence-electron chi connectivity index (χ4n) is 2.22. The number of nitrogens with zero attached hydrogens (tertiary/aromatic N) is 1. The SMILES string of the molecule is Cc1ccc(S(=O)(=O)N2CCCC(N)C2)cc1C.Cl. The second kappa shape index (κ2) is 6.22. The van der Waals surface area contributed by atoms with E-state index in [1.165, 1.54) is 4.31 Å². The molecule has 0 aliphatic carbocycles. The molecule has 2 N–H and O–H groups in total. The molecular weight excluding hydrogens is 284 g/mol. The normalized spacial score (nSPS) is 20.9. The van der Waals surface area contributed by atoms with E-state index in [0.717, 1.165) is 24.0 Å². The zero-order valence-electron chi connectivity index (χ0n) is 11.3. The van der Waals surface area contributed by atoms with Crippen molar-refractivity contribution in [1.29, 1.82) is 0 Å². The van der Waals surface area contributed by atoms with Crippen LogP contribution in [-0.2, 0) is 10.0 Å². The van der Waals surface area contributed by atoms with Crippen molar-refractivity contribution < 1.29 is 8.42 Å². The lowest BCUT2D eigenvalue weighted by atomic mass is 10.1. The van der Waals surface area contributed by atoms with Gasteiger partial charge >= 0.3 is 0 Å². The van der Waals surface area contributed by atoms with Gasteiger partial charge in [-0.25, -0.2) is 8.42 Å². The number of rotatable bonds is 2. The minimum atomic E-state index is -3.38. The molecule has 1 unspecified atom stereocenters. The minimum absolute atomic E-state index is 0. The molecule has 1 saturated heterocycles. The molecule has 1 aromatic rings. The van der Waals surface area contributed by atoms with E-state index in [1.807, 2.05) is 19.9 Å². The molecule has 2 rings (SSSR count). The zero-order valence-corrected chi connectivity index (χ0v) is 12.9. The summed E-state index contributed by atoms with van der Waals surface area (Å²) in [6.45, 7) is 4.90. The zero-order chi connectivity index (χ0) is 13.3. The Morgan fingerprint density at radius 3 is 2.53 bits per heavy atom. The first-order chi connectivity index (χ1) is 8.41. The molecule has 19 heavy (non-hydrogen) atoms. The first-order valence-corrected chi connectivity index (χ1v) is 7.68. The average Bonchev–Trinajstić information content (AvgIpc) is 2.32. The van der Waals surface area contributed by atoms with Gasteiger partial charge in [0.1, 0.15) is 0 Å². The molecule has 6 heteroatoms. The molecule has 108 valence electrons. The molecule has 1 aromatic carbocycles. The summed E-state index contributed by atoms with van der Waals surface area (Å²) >= 11 is 0. The van der Waals surface area contributed by atoms with E-state index in [-0.39, 0.29) is 18.4 Å². The summed E-state index contributed by atoms with van der Waals surface area (Å²) < 4.78 is 26.4. The molecule has 1 heterocycles. The van der Waals surface area contributed by atoms with Gasteiger partial charge in [0.05, 0.1) is 4.90 Å². The number of aryl methyl sites for hydroxylation is 2. The van der Waals surface area contributed by atoms with Gasteiger partial charge in [-0.3, -0.25) is 0 Å². The second-order valence-corrected chi connectivity index (χ2v) is 6.95. The molecule has 0 bridgehead atoms. The van der Waals surface area contributed by atoms with Crippen LogP contribution in [0.15, 0.2) is 23.1 Å². The highest BCUT2D eigenvalue weighted by atomic mass is 35.5. The van der Waals surface area contributed by atoms with E-state index in [9.17, 15) is 8.42 Å². The standard InChI is InChI=1S/C13H20N2O2S.ClH/c1-10-5-6-13(8-11(10)2)18(16,17)15-7-3-4-12(14)9-15;/h5-6,8,12H,3-4,7,9,14H2,1-2H3;1H. The van der Waals surface area contributed by atoms with Crippen molar-refractivity contribution >= 4 is 22.4 Å². The Bertz CT molecular complexity index is 546. The van der Waals surface area contributed by atoms with Gasteiger partial charge in [0.2, 0.25) is 10.0 Å². The van der Waals surface area contributed by atoms with E-state index in [1.54, 1.807) is 12.1 Å². The molecule has 0 spiro atoms. The quantitative estimate of drug-likeness (QED) is 0.907. The van der Waals surface area contributed by atoms with Crippen LogP contribution in [0.1, 0.15) is 24.0 Å². The summed E-state index contributed by atoms with van der Waals surface area (Å²) in [4.78, 5) is 0.375. The molecule has 1 aliphatic heterocycles. The van der Waals surface area contributed by atoms with Crippen LogP contribution in [0.2, 0.25) is 0 Å². The fraction of sp³-hybridized carbons (Fsp3) is 0.538. The van der Waals surface area contributed by atoms with E-state index in [0.29, 0.717) is 18.0 Å². The highest BCUT2D eigenvalue weighted by Crippen LogP contribution is 2.22. The third-order valence-corrected chi connectivity index (χ3v) is 5.40. The lowest BCUT2D eigenvalue weighted by molar-refractivity contribution is 0.316. The lowest BCUT2D eigenvalue weighted by Crippen LogP contribution is -2.45. The van der Waals surface area contributed by atoms with Crippen LogP contribution in [0.25, 0.3) is 0 Å². The monoisotopic (exact) mass is 304 g/mol. The Morgan fingerprint density at radius 2 is 1.95 bits per heavy atom. The van der Waals surface area contributed by atoms with Gasteiger partial charge in [-0.15, -0.1) is 12.4 Å². The van der Waals surface area contributed by atoms with Crippen molar-refractivity contribution in [3.05, 3.63) is 29.3 Å². The Kier molecular flexibility index (Phi) is 5.38. The largest absolute Gasteiger partial charge is 0.327 e. The molecule has 0 saturated carbocycles. The maximum Gasteiger partial charge on any atom is 0.243 e. The Balaban J connectivity index is 0.00000180. The van der Waals surface area contributed by atoms with E-state index in [4.69, 9.17) is 5.73 Å². The number of nitrogens with two attached hydrogens (primary N) is 1. The molecule has 1 atom stereocenters. The van der Waals surface area contributed by atoms with Gasteiger partial charge in [-0.2, -0.15) is 4.31 Å². The Morgan fingerprint density at radius 1 is 1.26 bits per heavy atom. The highest BCUT2D eigenvalue weighted by Gasteiger charge is 2.28. The molecule has 0 radical (unpaired) electrons. The Labute approximate surface area is 121 Å². The van der Waals surface area contributed by atoms with Crippen molar-refractivity contribution in [2.45, 2.75) is 37.6 Å². The van der Waals surface area contributed by atoms with Gasteiger partial charge < -0.3 is 5.73 Å². The topological polar surface area (TPSA) is 63.4 Å². The molecular formula is C13H21ClN2O2S. The maximum absolute atomic E-state index is 12.5. The highest BCUT2D eigenvalue weighted by molar-refractivity contribution is 7.89. The lowest BCUT2D eigenvalue weighted by Gasteiger charge is -2.30.